The molecule has 0 bridgehead atoms. The van der Waals surface area contributed by atoms with Crippen LogP contribution in [-0.2, 0) is 29.1 Å². The summed E-state index contributed by atoms with van der Waals surface area (Å²) in [6, 6.07) is 18.4. The molecule has 4 aromatic rings. The van der Waals surface area contributed by atoms with Gasteiger partial charge in [-0.05, 0) is 67.2 Å². The molecule has 0 aliphatic carbocycles. The summed E-state index contributed by atoms with van der Waals surface area (Å²) in [7, 11) is -1.45. The van der Waals surface area contributed by atoms with Crippen molar-refractivity contribution in [2.75, 3.05) is 25.6 Å². The molecule has 44 heavy (non-hydrogen) atoms. The summed E-state index contributed by atoms with van der Waals surface area (Å²) in [5.41, 5.74) is 3.08. The van der Waals surface area contributed by atoms with E-state index in [0.717, 1.165) is 40.6 Å². The quantitative estimate of drug-likeness (QED) is 0.180. The van der Waals surface area contributed by atoms with Crippen LogP contribution < -0.4 is 5.32 Å². The standard InChI is InChI=1S/C31H27BrCl2F3N3O3S/c1-40(13-14-44(2,42)43)18-28-21(17-38-30(41)20-3-7-22(8-4-20)31(35,36)37)15-26(25-12-11-24(33)16-27(25)34)29(39-28)19-5-9-23(32)10-6-19/h3-12,15-16H,13-14,17-18H2,1-2H3,(H,38,41). The molecule has 0 atom stereocenters. The molecule has 0 aliphatic rings. The maximum atomic E-state index is 13.0. The molecule has 0 saturated carbocycles. The predicted molar refractivity (Wildman–Crippen MR) is 171 cm³/mol. The van der Waals surface area contributed by atoms with Gasteiger partial charge in [-0.1, -0.05) is 57.3 Å². The molecule has 3 aromatic carbocycles. The first-order chi connectivity index (χ1) is 20.6. The summed E-state index contributed by atoms with van der Waals surface area (Å²) >= 11 is 16.2. The maximum Gasteiger partial charge on any atom is 0.416 e. The zero-order valence-electron chi connectivity index (χ0n) is 23.6. The molecule has 0 aliphatic heterocycles. The Balaban J connectivity index is 1.77. The molecule has 0 fully saturated rings. The second-order valence-electron chi connectivity index (χ2n) is 10.2. The van der Waals surface area contributed by atoms with Gasteiger partial charge in [0.1, 0.15) is 9.84 Å². The minimum absolute atomic E-state index is 0.0130. The number of benzene rings is 3. The summed E-state index contributed by atoms with van der Waals surface area (Å²) in [6.07, 6.45) is -3.35. The molecule has 1 N–H and O–H groups in total. The smallest absolute Gasteiger partial charge is 0.348 e. The van der Waals surface area contributed by atoms with E-state index in [-0.39, 0.29) is 31.0 Å². The summed E-state index contributed by atoms with van der Waals surface area (Å²) in [5.74, 6) is -0.625. The van der Waals surface area contributed by atoms with E-state index in [1.165, 1.54) is 0 Å². The van der Waals surface area contributed by atoms with Crippen molar-refractivity contribution in [3.8, 4) is 22.4 Å². The third kappa shape index (κ3) is 9.04. The highest BCUT2D eigenvalue weighted by Crippen LogP contribution is 2.38. The lowest BCUT2D eigenvalue weighted by atomic mass is 9.96. The van der Waals surface area contributed by atoms with Crippen LogP contribution in [0.1, 0.15) is 27.2 Å². The Morgan fingerprint density at radius 3 is 2.23 bits per heavy atom. The normalized spacial score (nSPS) is 12.0. The van der Waals surface area contributed by atoms with Crippen molar-refractivity contribution < 1.29 is 26.4 Å². The van der Waals surface area contributed by atoms with Crippen molar-refractivity contribution >= 4 is 54.9 Å². The van der Waals surface area contributed by atoms with Gasteiger partial charge in [0.15, 0.2) is 0 Å². The second kappa shape index (κ2) is 14.0. The number of aromatic nitrogens is 1. The molecule has 1 amide bonds. The Morgan fingerprint density at radius 1 is 0.977 bits per heavy atom. The number of halogens is 6. The minimum Gasteiger partial charge on any atom is -0.348 e. The van der Waals surface area contributed by atoms with E-state index >= 15 is 0 Å². The second-order valence-corrected chi connectivity index (χ2v) is 14.3. The average Bonchev–Trinajstić information content (AvgIpc) is 2.95. The molecule has 232 valence electrons. The van der Waals surface area contributed by atoms with Gasteiger partial charge in [0.05, 0.1) is 22.7 Å². The summed E-state index contributed by atoms with van der Waals surface area (Å²) < 4.78 is 63.4. The molecule has 13 heteroatoms. The molecule has 1 aromatic heterocycles. The van der Waals surface area contributed by atoms with Crippen molar-refractivity contribution in [2.45, 2.75) is 19.3 Å². The molecular formula is C31H27BrCl2F3N3O3S. The Kier molecular flexibility index (Phi) is 10.8. The van der Waals surface area contributed by atoms with Gasteiger partial charge in [0.2, 0.25) is 0 Å². The Bertz CT molecular complexity index is 1770. The van der Waals surface area contributed by atoms with Crippen LogP contribution in [0.4, 0.5) is 13.2 Å². The topological polar surface area (TPSA) is 79.4 Å². The van der Waals surface area contributed by atoms with E-state index in [2.05, 4.69) is 21.2 Å². The highest BCUT2D eigenvalue weighted by molar-refractivity contribution is 9.10. The number of pyridine rings is 1. The fourth-order valence-electron chi connectivity index (χ4n) is 4.37. The predicted octanol–water partition coefficient (Wildman–Crippen LogP) is 7.91. The molecule has 0 radical (unpaired) electrons. The van der Waals surface area contributed by atoms with Crippen molar-refractivity contribution in [3.05, 3.63) is 110 Å². The summed E-state index contributed by atoms with van der Waals surface area (Å²) in [4.78, 5) is 19.8. The molecule has 4 rings (SSSR count). The van der Waals surface area contributed by atoms with Gasteiger partial charge < -0.3 is 5.32 Å². The van der Waals surface area contributed by atoms with Crippen LogP contribution in [0.2, 0.25) is 10.0 Å². The SMILES string of the molecule is CN(CCS(C)(=O)=O)Cc1nc(-c2ccc(Br)cc2)c(-c2ccc(Cl)cc2Cl)cc1CNC(=O)c1ccc(C(F)(F)F)cc1. The van der Waals surface area contributed by atoms with E-state index in [0.29, 0.717) is 38.1 Å². The number of sulfone groups is 1. The lowest BCUT2D eigenvalue weighted by Gasteiger charge is -2.21. The Labute approximate surface area is 272 Å². The number of carbonyl (C=O) groups excluding carboxylic acids is 1. The molecule has 0 saturated heterocycles. The molecule has 1 heterocycles. The Morgan fingerprint density at radius 2 is 1.64 bits per heavy atom. The first-order valence-electron chi connectivity index (χ1n) is 13.2. The number of carbonyl (C=O) groups is 1. The number of amides is 1. The largest absolute Gasteiger partial charge is 0.416 e. The van der Waals surface area contributed by atoms with E-state index in [1.807, 2.05) is 35.2 Å². The molecule has 0 spiro atoms. The van der Waals surface area contributed by atoms with Gasteiger partial charge in [-0.3, -0.25) is 14.7 Å². The van der Waals surface area contributed by atoms with Crippen LogP contribution in [0.3, 0.4) is 0 Å². The van der Waals surface area contributed by atoms with Crippen molar-refractivity contribution in [1.29, 1.82) is 0 Å². The molecule has 0 unspecified atom stereocenters. The van der Waals surface area contributed by atoms with E-state index < -0.39 is 27.5 Å². The zero-order chi connectivity index (χ0) is 32.2. The van der Waals surface area contributed by atoms with Crippen LogP contribution in [-0.4, -0.2) is 49.8 Å². The lowest BCUT2D eigenvalue weighted by molar-refractivity contribution is -0.137. The monoisotopic (exact) mass is 727 g/mol. The van der Waals surface area contributed by atoms with Crippen molar-refractivity contribution in [3.63, 3.8) is 0 Å². The number of hydrogen-bond acceptors (Lipinski definition) is 5. The van der Waals surface area contributed by atoms with Gasteiger partial charge in [-0.15, -0.1) is 0 Å². The maximum absolute atomic E-state index is 13.0. The fourth-order valence-corrected chi connectivity index (χ4v) is 5.79. The number of alkyl halides is 3. The van der Waals surface area contributed by atoms with Crippen LogP contribution >= 0.6 is 39.1 Å². The first-order valence-corrected chi connectivity index (χ1v) is 16.8. The highest BCUT2D eigenvalue weighted by Gasteiger charge is 2.30. The minimum atomic E-state index is -4.52. The number of nitrogens with zero attached hydrogens (tertiary/aromatic N) is 2. The average molecular weight is 729 g/mol. The van der Waals surface area contributed by atoms with E-state index in [1.54, 1.807) is 25.2 Å². The number of hydrogen-bond donors (Lipinski definition) is 1. The van der Waals surface area contributed by atoms with Gasteiger partial charge in [0, 0.05) is 62.7 Å². The van der Waals surface area contributed by atoms with E-state index in [4.69, 9.17) is 28.2 Å². The fraction of sp³-hybridized carbons (Fsp3) is 0.226. The number of rotatable bonds is 10. The Hall–Kier alpha value is -2.96. The molecular weight excluding hydrogens is 702 g/mol. The summed E-state index contributed by atoms with van der Waals surface area (Å²) in [5, 5.41) is 3.61. The van der Waals surface area contributed by atoms with Crippen molar-refractivity contribution in [2.24, 2.45) is 0 Å². The van der Waals surface area contributed by atoms with Crippen LogP contribution in [0, 0.1) is 0 Å². The van der Waals surface area contributed by atoms with Gasteiger partial charge >= 0.3 is 6.18 Å². The van der Waals surface area contributed by atoms with Gasteiger partial charge in [-0.2, -0.15) is 13.2 Å². The third-order valence-corrected chi connectivity index (χ3v) is 8.71. The van der Waals surface area contributed by atoms with Crippen LogP contribution in [0.25, 0.3) is 22.4 Å². The summed E-state index contributed by atoms with van der Waals surface area (Å²) in [6.45, 7) is 0.482. The van der Waals surface area contributed by atoms with Gasteiger partial charge in [-0.25, -0.2) is 8.42 Å². The zero-order valence-corrected chi connectivity index (χ0v) is 27.5. The van der Waals surface area contributed by atoms with Crippen LogP contribution in [0.5, 0.6) is 0 Å². The van der Waals surface area contributed by atoms with Crippen molar-refractivity contribution in [1.82, 2.24) is 15.2 Å². The molecule has 6 nitrogen and oxygen atoms in total. The first kappa shape index (κ1) is 33.9. The van der Waals surface area contributed by atoms with Gasteiger partial charge in [0.25, 0.3) is 5.91 Å². The van der Waals surface area contributed by atoms with E-state index in [9.17, 15) is 26.4 Å². The number of nitrogens with one attached hydrogen (secondary N) is 1. The highest BCUT2D eigenvalue weighted by atomic mass is 79.9. The van der Waals surface area contributed by atoms with Crippen LogP contribution in [0.15, 0.2) is 77.3 Å². The third-order valence-electron chi connectivity index (χ3n) is 6.71. The lowest BCUT2D eigenvalue weighted by Crippen LogP contribution is -2.28.